The Balaban J connectivity index is 1.89. The maximum absolute atomic E-state index is 12.3. The Morgan fingerprint density at radius 3 is 2.83 bits per heavy atom. The van der Waals surface area contributed by atoms with E-state index in [4.69, 9.17) is 11.2 Å². The van der Waals surface area contributed by atoms with Gasteiger partial charge in [-0.2, -0.15) is 5.10 Å². The number of hydrogen-bond acceptors (Lipinski definition) is 6. The van der Waals surface area contributed by atoms with Gasteiger partial charge in [0, 0.05) is 17.7 Å². The molecule has 0 saturated carbocycles. The van der Waals surface area contributed by atoms with Crippen LogP contribution in [0.25, 0.3) is 10.8 Å². The Hall–Kier alpha value is -4.38. The number of carbonyl (C=O) groups excluding carboxylic acids is 1. The second-order valence-electron chi connectivity index (χ2n) is 5.85. The van der Waals surface area contributed by atoms with E-state index >= 15 is 0 Å². The highest BCUT2D eigenvalue weighted by atomic mass is 16.6. The Morgan fingerprint density at radius 2 is 2.07 bits per heavy atom. The summed E-state index contributed by atoms with van der Waals surface area (Å²) in [6.45, 7) is 0.0626. The van der Waals surface area contributed by atoms with Gasteiger partial charge in [0.2, 0.25) is 0 Å². The van der Waals surface area contributed by atoms with E-state index in [1.807, 2.05) is 30.3 Å². The normalized spacial score (nSPS) is 10.6. The number of amides is 1. The third kappa shape index (κ3) is 4.31. The van der Waals surface area contributed by atoms with Crippen LogP contribution in [0.1, 0.15) is 15.9 Å². The summed E-state index contributed by atoms with van der Waals surface area (Å²) in [5.74, 6) is 1.68. The van der Waals surface area contributed by atoms with Crippen LogP contribution >= 0.6 is 0 Å². The monoisotopic (exact) mass is 389 g/mol. The van der Waals surface area contributed by atoms with E-state index in [1.165, 1.54) is 6.21 Å². The molecule has 8 nitrogen and oxygen atoms in total. The fraction of sp³-hybridized carbons (Fsp3) is 0.0476. The van der Waals surface area contributed by atoms with Crippen molar-refractivity contribution in [3.63, 3.8) is 0 Å². The van der Waals surface area contributed by atoms with Crippen molar-refractivity contribution in [2.75, 3.05) is 6.61 Å². The third-order valence-electron chi connectivity index (χ3n) is 4.04. The van der Waals surface area contributed by atoms with Crippen LogP contribution < -0.4 is 10.2 Å². The number of hydrogen-bond donors (Lipinski definition) is 2. The molecule has 0 saturated heterocycles. The van der Waals surface area contributed by atoms with Crippen LogP contribution in [-0.4, -0.2) is 28.8 Å². The first-order chi connectivity index (χ1) is 14.0. The number of hydrazone groups is 1. The van der Waals surface area contributed by atoms with E-state index in [0.29, 0.717) is 11.3 Å². The smallest absolute Gasteiger partial charge is 0.275 e. The zero-order chi connectivity index (χ0) is 20.8. The zero-order valence-corrected chi connectivity index (χ0v) is 15.0. The van der Waals surface area contributed by atoms with Crippen LogP contribution in [0.2, 0.25) is 0 Å². The molecule has 0 aliphatic carbocycles. The number of fused-ring (bicyclic) bond motifs is 1. The van der Waals surface area contributed by atoms with Crippen molar-refractivity contribution >= 4 is 28.6 Å². The molecule has 2 N–H and O–H groups in total. The molecule has 0 aliphatic heterocycles. The summed E-state index contributed by atoms with van der Waals surface area (Å²) < 4.78 is 5.54. The summed E-state index contributed by atoms with van der Waals surface area (Å²) in [5.41, 5.74) is 2.26. The first-order valence-corrected chi connectivity index (χ1v) is 8.40. The lowest BCUT2D eigenvalue weighted by Crippen LogP contribution is -2.18. The number of carbonyl (C=O) groups is 1. The number of terminal acetylenes is 1. The van der Waals surface area contributed by atoms with Gasteiger partial charge in [-0.15, -0.1) is 6.42 Å². The molecule has 3 rings (SSSR count). The number of benzene rings is 3. The van der Waals surface area contributed by atoms with Gasteiger partial charge in [0.1, 0.15) is 18.1 Å². The van der Waals surface area contributed by atoms with Crippen molar-refractivity contribution in [2.45, 2.75) is 0 Å². The average Bonchev–Trinajstić information content (AvgIpc) is 2.72. The van der Waals surface area contributed by atoms with Crippen LogP contribution in [0.15, 0.2) is 59.7 Å². The molecule has 3 aromatic rings. The van der Waals surface area contributed by atoms with Crippen LogP contribution in [-0.2, 0) is 0 Å². The van der Waals surface area contributed by atoms with Crippen molar-refractivity contribution in [3.05, 3.63) is 75.8 Å². The number of ether oxygens (including phenoxy) is 1. The van der Waals surface area contributed by atoms with Gasteiger partial charge < -0.3 is 9.84 Å². The zero-order valence-electron chi connectivity index (χ0n) is 15.0. The Bertz CT molecular complexity index is 1160. The number of nitro groups is 1. The van der Waals surface area contributed by atoms with E-state index in [9.17, 15) is 20.0 Å². The highest BCUT2D eigenvalue weighted by molar-refractivity contribution is 6.03. The van der Waals surface area contributed by atoms with Gasteiger partial charge in [-0.3, -0.25) is 14.9 Å². The molecule has 1 amide bonds. The molecule has 0 aliphatic rings. The van der Waals surface area contributed by atoms with Gasteiger partial charge in [-0.05, 0) is 22.9 Å². The summed E-state index contributed by atoms with van der Waals surface area (Å²) in [6.07, 6.45) is 6.64. The second-order valence-corrected chi connectivity index (χ2v) is 5.85. The second kappa shape index (κ2) is 8.54. The van der Waals surface area contributed by atoms with E-state index < -0.39 is 16.6 Å². The van der Waals surface area contributed by atoms with Gasteiger partial charge in [0.15, 0.2) is 0 Å². The lowest BCUT2D eigenvalue weighted by molar-refractivity contribution is -0.384. The molecule has 29 heavy (non-hydrogen) atoms. The predicted molar refractivity (Wildman–Crippen MR) is 108 cm³/mol. The lowest BCUT2D eigenvalue weighted by Gasteiger charge is -2.10. The molecule has 0 bridgehead atoms. The largest absolute Gasteiger partial charge is 0.507 e. The quantitative estimate of drug-likeness (QED) is 0.291. The molecular weight excluding hydrogens is 374 g/mol. The van der Waals surface area contributed by atoms with Crippen LogP contribution in [0.3, 0.4) is 0 Å². The summed E-state index contributed by atoms with van der Waals surface area (Å²) >= 11 is 0. The molecule has 8 heteroatoms. The summed E-state index contributed by atoms with van der Waals surface area (Å²) in [6, 6.07) is 14.3. The minimum absolute atomic E-state index is 0.0626. The van der Waals surface area contributed by atoms with E-state index in [1.54, 1.807) is 6.07 Å². The molecule has 0 atom stereocenters. The molecule has 0 heterocycles. The Morgan fingerprint density at radius 1 is 1.28 bits per heavy atom. The van der Waals surface area contributed by atoms with Gasteiger partial charge in [-0.25, -0.2) is 5.43 Å². The third-order valence-corrected chi connectivity index (χ3v) is 4.04. The molecule has 0 aromatic heterocycles. The first-order valence-electron chi connectivity index (χ1n) is 8.40. The van der Waals surface area contributed by atoms with Crippen molar-refractivity contribution in [1.82, 2.24) is 5.43 Å². The number of aromatic hydroxyl groups is 1. The Labute approximate surface area is 165 Å². The van der Waals surface area contributed by atoms with Crippen molar-refractivity contribution < 1.29 is 19.6 Å². The summed E-state index contributed by atoms with van der Waals surface area (Å²) in [5, 5.41) is 26.4. The standard InChI is InChI=1S/C21H15N3O5/c1-2-11-29-20-10-7-14-5-3-4-6-16(14)18(20)13-22-23-21(26)17-12-15(24(27)28)8-9-19(17)25/h1,3-10,12-13,25H,11H2,(H,23,26). The maximum Gasteiger partial charge on any atom is 0.275 e. The molecule has 0 unspecified atom stereocenters. The number of nitrogens with zero attached hydrogens (tertiary/aromatic N) is 2. The molecular formula is C21H15N3O5. The number of rotatable bonds is 6. The summed E-state index contributed by atoms with van der Waals surface area (Å²) in [4.78, 5) is 22.5. The SMILES string of the molecule is C#CCOc1ccc2ccccc2c1C=NNC(=O)c1cc([N+](=O)[O-])ccc1O. The van der Waals surface area contributed by atoms with Gasteiger partial charge in [0.25, 0.3) is 11.6 Å². The lowest BCUT2D eigenvalue weighted by atomic mass is 10.0. The van der Waals surface area contributed by atoms with Crippen molar-refractivity contribution in [1.29, 1.82) is 0 Å². The van der Waals surface area contributed by atoms with Crippen LogP contribution in [0.4, 0.5) is 5.69 Å². The molecule has 0 fully saturated rings. The number of nitrogens with one attached hydrogen (secondary N) is 1. The molecule has 0 spiro atoms. The van der Waals surface area contributed by atoms with E-state index in [2.05, 4.69) is 16.4 Å². The number of phenolic OH excluding ortho intramolecular Hbond substituents is 1. The highest BCUT2D eigenvalue weighted by Crippen LogP contribution is 2.27. The molecule has 144 valence electrons. The fourth-order valence-corrected chi connectivity index (χ4v) is 2.69. The minimum atomic E-state index is -0.797. The van der Waals surface area contributed by atoms with Gasteiger partial charge in [-0.1, -0.05) is 36.3 Å². The predicted octanol–water partition coefficient (Wildman–Crippen LogP) is 3.23. The minimum Gasteiger partial charge on any atom is -0.507 e. The highest BCUT2D eigenvalue weighted by Gasteiger charge is 2.16. The maximum atomic E-state index is 12.3. The number of phenols is 1. The van der Waals surface area contributed by atoms with Gasteiger partial charge in [0.05, 0.1) is 16.7 Å². The van der Waals surface area contributed by atoms with E-state index in [0.717, 1.165) is 29.0 Å². The van der Waals surface area contributed by atoms with Crippen LogP contribution in [0.5, 0.6) is 11.5 Å². The first kappa shape index (κ1) is 19.4. The van der Waals surface area contributed by atoms with E-state index in [-0.39, 0.29) is 17.9 Å². The van der Waals surface area contributed by atoms with Crippen molar-refractivity contribution in [3.8, 4) is 23.8 Å². The van der Waals surface area contributed by atoms with Crippen molar-refractivity contribution in [2.24, 2.45) is 5.10 Å². The summed E-state index contributed by atoms with van der Waals surface area (Å²) in [7, 11) is 0. The van der Waals surface area contributed by atoms with Crippen LogP contribution in [0, 0.1) is 22.5 Å². The number of non-ortho nitro benzene ring substituents is 1. The fourth-order valence-electron chi connectivity index (χ4n) is 2.69. The molecule has 0 radical (unpaired) electrons. The topological polar surface area (TPSA) is 114 Å². The Kier molecular flexibility index (Phi) is 5.71. The van der Waals surface area contributed by atoms with Gasteiger partial charge >= 0.3 is 0 Å². The average molecular weight is 389 g/mol. The number of nitro benzene ring substituents is 1. The molecule has 3 aromatic carbocycles.